The number of aromatic nitrogens is 1. The summed E-state index contributed by atoms with van der Waals surface area (Å²) >= 11 is 3.36. The molecule has 2 rings (SSSR count). The quantitative estimate of drug-likeness (QED) is 0.942. The van der Waals surface area contributed by atoms with E-state index in [-0.39, 0.29) is 6.04 Å². The molecule has 4 heteroatoms. The molecule has 0 spiro atoms. The van der Waals surface area contributed by atoms with Crippen LogP contribution in [-0.4, -0.2) is 4.98 Å². The van der Waals surface area contributed by atoms with Crippen LogP contribution in [0.5, 0.6) is 0 Å². The van der Waals surface area contributed by atoms with Gasteiger partial charge in [-0.25, -0.2) is 0 Å². The van der Waals surface area contributed by atoms with Crippen LogP contribution in [0.1, 0.15) is 30.2 Å². The summed E-state index contributed by atoms with van der Waals surface area (Å²) in [6.45, 7) is 2.06. The Kier molecular flexibility index (Phi) is 3.97. The fourth-order valence-corrected chi connectivity index (χ4v) is 1.87. The van der Waals surface area contributed by atoms with Gasteiger partial charge in [-0.2, -0.15) is 0 Å². The van der Waals surface area contributed by atoms with Gasteiger partial charge in [-0.3, -0.25) is 4.98 Å². The molecule has 2 aromatic heterocycles. The van der Waals surface area contributed by atoms with Gasteiger partial charge < -0.3 is 10.2 Å². The van der Waals surface area contributed by atoms with E-state index < -0.39 is 0 Å². The highest BCUT2D eigenvalue weighted by Crippen LogP contribution is 2.19. The van der Waals surface area contributed by atoms with Crippen molar-refractivity contribution in [1.82, 2.24) is 4.98 Å². The lowest BCUT2D eigenvalue weighted by Gasteiger charge is -2.08. The number of aryl methyl sites for hydroxylation is 1. The van der Waals surface area contributed by atoms with Crippen molar-refractivity contribution in [3.63, 3.8) is 0 Å². The van der Waals surface area contributed by atoms with Gasteiger partial charge in [0.25, 0.3) is 0 Å². The summed E-state index contributed by atoms with van der Waals surface area (Å²) in [6.07, 6.45) is 3.36. The average molecular weight is 295 g/mol. The van der Waals surface area contributed by atoms with Gasteiger partial charge in [-0.15, -0.1) is 0 Å². The van der Waals surface area contributed by atoms with E-state index in [0.717, 1.165) is 28.1 Å². The standard InChI is InChI=1S/C13H15BrN2O/c1-2-11-5-6-13(17-11)12(15)7-10-4-3-9(14)8-16-10/h3-6,8,12H,2,7,15H2,1H3. The van der Waals surface area contributed by atoms with E-state index in [1.54, 1.807) is 6.20 Å². The third kappa shape index (κ3) is 3.17. The highest BCUT2D eigenvalue weighted by atomic mass is 79.9. The molecule has 90 valence electrons. The first-order valence-electron chi connectivity index (χ1n) is 5.63. The van der Waals surface area contributed by atoms with Crippen molar-refractivity contribution < 1.29 is 4.42 Å². The first-order chi connectivity index (χ1) is 8.19. The minimum atomic E-state index is -0.135. The molecule has 1 atom stereocenters. The van der Waals surface area contributed by atoms with Crippen molar-refractivity contribution in [1.29, 1.82) is 0 Å². The Balaban J connectivity index is 2.05. The molecule has 2 aromatic rings. The van der Waals surface area contributed by atoms with E-state index in [2.05, 4.69) is 27.8 Å². The molecule has 2 heterocycles. The second-order valence-electron chi connectivity index (χ2n) is 3.94. The van der Waals surface area contributed by atoms with Crippen molar-refractivity contribution in [2.45, 2.75) is 25.8 Å². The minimum Gasteiger partial charge on any atom is -0.464 e. The van der Waals surface area contributed by atoms with E-state index in [1.807, 2.05) is 24.3 Å². The monoisotopic (exact) mass is 294 g/mol. The number of nitrogens with two attached hydrogens (primary N) is 1. The Hall–Kier alpha value is -1.13. The molecule has 17 heavy (non-hydrogen) atoms. The van der Waals surface area contributed by atoms with Gasteiger partial charge in [0.2, 0.25) is 0 Å². The molecular weight excluding hydrogens is 280 g/mol. The highest BCUT2D eigenvalue weighted by molar-refractivity contribution is 9.10. The Labute approximate surface area is 109 Å². The second kappa shape index (κ2) is 5.47. The van der Waals surface area contributed by atoms with Gasteiger partial charge in [-0.1, -0.05) is 6.92 Å². The molecule has 0 aliphatic heterocycles. The van der Waals surface area contributed by atoms with Crippen LogP contribution in [-0.2, 0) is 12.8 Å². The first kappa shape index (κ1) is 12.3. The molecule has 0 saturated heterocycles. The molecular formula is C13H15BrN2O. The van der Waals surface area contributed by atoms with Crippen molar-refractivity contribution in [3.8, 4) is 0 Å². The minimum absolute atomic E-state index is 0.135. The second-order valence-corrected chi connectivity index (χ2v) is 4.85. The lowest BCUT2D eigenvalue weighted by Crippen LogP contribution is -2.13. The number of halogens is 1. The molecule has 3 nitrogen and oxygen atoms in total. The van der Waals surface area contributed by atoms with Gasteiger partial charge in [0.15, 0.2) is 0 Å². The van der Waals surface area contributed by atoms with Crippen molar-refractivity contribution in [3.05, 3.63) is 52.1 Å². The van der Waals surface area contributed by atoms with E-state index in [9.17, 15) is 0 Å². The summed E-state index contributed by atoms with van der Waals surface area (Å²) in [6, 6.07) is 7.72. The summed E-state index contributed by atoms with van der Waals surface area (Å²) in [5, 5.41) is 0. The third-order valence-electron chi connectivity index (χ3n) is 2.61. The van der Waals surface area contributed by atoms with Gasteiger partial charge in [0.05, 0.1) is 6.04 Å². The third-order valence-corrected chi connectivity index (χ3v) is 3.08. The largest absolute Gasteiger partial charge is 0.464 e. The molecule has 0 aromatic carbocycles. The first-order valence-corrected chi connectivity index (χ1v) is 6.43. The van der Waals surface area contributed by atoms with E-state index in [0.29, 0.717) is 6.42 Å². The summed E-state index contributed by atoms with van der Waals surface area (Å²) in [4.78, 5) is 4.30. The van der Waals surface area contributed by atoms with Crippen molar-refractivity contribution in [2.24, 2.45) is 5.73 Å². The summed E-state index contributed by atoms with van der Waals surface area (Å²) in [7, 11) is 0. The maximum Gasteiger partial charge on any atom is 0.121 e. The zero-order valence-electron chi connectivity index (χ0n) is 9.69. The van der Waals surface area contributed by atoms with Crippen LogP contribution < -0.4 is 5.73 Å². The molecule has 0 saturated carbocycles. The molecule has 1 unspecified atom stereocenters. The van der Waals surface area contributed by atoms with Crippen LogP contribution in [0.25, 0.3) is 0 Å². The number of hydrogen-bond acceptors (Lipinski definition) is 3. The maximum absolute atomic E-state index is 6.09. The fraction of sp³-hybridized carbons (Fsp3) is 0.308. The van der Waals surface area contributed by atoms with Crippen LogP contribution in [0.15, 0.2) is 39.4 Å². The molecule has 2 N–H and O–H groups in total. The number of pyridine rings is 1. The Morgan fingerprint density at radius 3 is 2.76 bits per heavy atom. The molecule has 0 amide bonds. The fourth-order valence-electron chi connectivity index (χ4n) is 1.64. The summed E-state index contributed by atoms with van der Waals surface area (Å²) < 4.78 is 6.60. The van der Waals surface area contributed by atoms with Gasteiger partial charge in [0, 0.05) is 29.2 Å². The highest BCUT2D eigenvalue weighted by Gasteiger charge is 2.12. The molecule has 0 aliphatic carbocycles. The summed E-state index contributed by atoms with van der Waals surface area (Å²) in [5.74, 6) is 1.80. The topological polar surface area (TPSA) is 52.0 Å². The van der Waals surface area contributed by atoms with E-state index in [1.165, 1.54) is 0 Å². The van der Waals surface area contributed by atoms with Crippen LogP contribution in [0.2, 0.25) is 0 Å². The number of nitrogens with zero attached hydrogens (tertiary/aromatic N) is 1. The zero-order chi connectivity index (χ0) is 12.3. The average Bonchev–Trinajstić information content (AvgIpc) is 2.81. The van der Waals surface area contributed by atoms with Crippen LogP contribution >= 0.6 is 15.9 Å². The van der Waals surface area contributed by atoms with Crippen LogP contribution in [0.4, 0.5) is 0 Å². The van der Waals surface area contributed by atoms with Crippen LogP contribution in [0, 0.1) is 0 Å². The molecule has 0 fully saturated rings. The predicted molar refractivity (Wildman–Crippen MR) is 70.7 cm³/mol. The number of hydrogen-bond donors (Lipinski definition) is 1. The van der Waals surface area contributed by atoms with Gasteiger partial charge in [0.1, 0.15) is 11.5 Å². The van der Waals surface area contributed by atoms with E-state index >= 15 is 0 Å². The summed E-state index contributed by atoms with van der Waals surface area (Å²) in [5.41, 5.74) is 7.06. The zero-order valence-corrected chi connectivity index (χ0v) is 11.3. The van der Waals surface area contributed by atoms with Crippen molar-refractivity contribution >= 4 is 15.9 Å². The van der Waals surface area contributed by atoms with Crippen LogP contribution in [0.3, 0.4) is 0 Å². The smallest absolute Gasteiger partial charge is 0.121 e. The SMILES string of the molecule is CCc1ccc(C(N)Cc2ccc(Br)cn2)o1. The predicted octanol–water partition coefficient (Wildman–Crippen LogP) is 3.24. The number of furan rings is 1. The lowest BCUT2D eigenvalue weighted by molar-refractivity contribution is 0.433. The number of rotatable bonds is 4. The molecule has 0 aliphatic rings. The molecule has 0 radical (unpaired) electrons. The molecule has 0 bridgehead atoms. The Morgan fingerprint density at radius 2 is 2.18 bits per heavy atom. The van der Waals surface area contributed by atoms with E-state index in [4.69, 9.17) is 10.2 Å². The lowest BCUT2D eigenvalue weighted by atomic mass is 10.1. The normalized spacial score (nSPS) is 12.6. The van der Waals surface area contributed by atoms with Gasteiger partial charge >= 0.3 is 0 Å². The Bertz CT molecular complexity index is 478. The van der Waals surface area contributed by atoms with Gasteiger partial charge in [-0.05, 0) is 40.2 Å². The maximum atomic E-state index is 6.09. The Morgan fingerprint density at radius 1 is 1.35 bits per heavy atom. The van der Waals surface area contributed by atoms with Crippen molar-refractivity contribution in [2.75, 3.05) is 0 Å².